The minimum atomic E-state index is 0.762. The second kappa shape index (κ2) is 4.14. The van der Waals surface area contributed by atoms with Crippen molar-refractivity contribution in [2.75, 3.05) is 0 Å². The molecule has 1 aromatic rings. The molecular formula is C11H15BrS. The molecule has 3 unspecified atom stereocenters. The summed E-state index contributed by atoms with van der Waals surface area (Å²) in [6.45, 7) is 2.38. The lowest BCUT2D eigenvalue weighted by molar-refractivity contribution is 0.426. The van der Waals surface area contributed by atoms with Gasteiger partial charge in [-0.05, 0) is 42.5 Å². The van der Waals surface area contributed by atoms with Crippen LogP contribution in [0.2, 0.25) is 0 Å². The Morgan fingerprint density at radius 1 is 1.54 bits per heavy atom. The highest BCUT2D eigenvalue weighted by molar-refractivity contribution is 9.09. The van der Waals surface area contributed by atoms with Crippen molar-refractivity contribution < 1.29 is 0 Å². The molecule has 1 fully saturated rings. The second-order valence-corrected chi connectivity index (χ2v) is 6.20. The van der Waals surface area contributed by atoms with Crippen molar-refractivity contribution >= 4 is 27.3 Å². The van der Waals surface area contributed by atoms with Crippen molar-refractivity contribution in [3.8, 4) is 0 Å². The van der Waals surface area contributed by atoms with E-state index >= 15 is 0 Å². The Bertz CT molecular complexity index is 255. The van der Waals surface area contributed by atoms with Crippen LogP contribution in [0, 0.1) is 11.8 Å². The van der Waals surface area contributed by atoms with Gasteiger partial charge in [0.15, 0.2) is 0 Å². The van der Waals surface area contributed by atoms with Crippen LogP contribution in [-0.2, 0) is 6.42 Å². The number of rotatable bonds is 2. The number of alkyl halides is 1. The summed E-state index contributed by atoms with van der Waals surface area (Å²) < 4.78 is 0. The minimum Gasteiger partial charge on any atom is -0.149 e. The zero-order valence-corrected chi connectivity index (χ0v) is 10.3. The Morgan fingerprint density at radius 3 is 2.92 bits per heavy atom. The van der Waals surface area contributed by atoms with E-state index in [1.54, 1.807) is 4.88 Å². The molecule has 0 radical (unpaired) electrons. The van der Waals surface area contributed by atoms with Crippen molar-refractivity contribution in [2.24, 2.45) is 11.8 Å². The van der Waals surface area contributed by atoms with Gasteiger partial charge < -0.3 is 0 Å². The normalized spacial score (nSPS) is 33.8. The molecule has 0 nitrogen and oxygen atoms in total. The maximum absolute atomic E-state index is 3.75. The van der Waals surface area contributed by atoms with E-state index in [0.717, 1.165) is 16.7 Å². The molecule has 0 aromatic carbocycles. The second-order valence-electron chi connectivity index (χ2n) is 4.00. The molecule has 0 saturated heterocycles. The topological polar surface area (TPSA) is 0 Å². The lowest BCUT2D eigenvalue weighted by Crippen LogP contribution is -2.12. The molecule has 0 amide bonds. The van der Waals surface area contributed by atoms with Gasteiger partial charge in [0.2, 0.25) is 0 Å². The Labute approximate surface area is 92.5 Å². The van der Waals surface area contributed by atoms with Crippen LogP contribution in [0.1, 0.15) is 24.6 Å². The van der Waals surface area contributed by atoms with E-state index < -0.39 is 0 Å². The van der Waals surface area contributed by atoms with Gasteiger partial charge >= 0.3 is 0 Å². The molecule has 3 atom stereocenters. The van der Waals surface area contributed by atoms with E-state index in [0.29, 0.717) is 0 Å². The van der Waals surface area contributed by atoms with E-state index in [9.17, 15) is 0 Å². The number of halogens is 1. The van der Waals surface area contributed by atoms with E-state index in [1.807, 2.05) is 11.3 Å². The fraction of sp³-hybridized carbons (Fsp3) is 0.636. The van der Waals surface area contributed by atoms with Gasteiger partial charge in [-0.3, -0.25) is 0 Å². The summed E-state index contributed by atoms with van der Waals surface area (Å²) in [6.07, 6.45) is 4.05. The van der Waals surface area contributed by atoms with Crippen LogP contribution in [0.3, 0.4) is 0 Å². The Kier molecular flexibility index (Phi) is 3.10. The van der Waals surface area contributed by atoms with Crippen LogP contribution in [0.25, 0.3) is 0 Å². The van der Waals surface area contributed by atoms with E-state index in [-0.39, 0.29) is 0 Å². The van der Waals surface area contributed by atoms with Crippen LogP contribution in [-0.4, -0.2) is 4.83 Å². The molecule has 1 aliphatic carbocycles. The Hall–Kier alpha value is 0.180. The van der Waals surface area contributed by atoms with Gasteiger partial charge in [-0.1, -0.05) is 28.9 Å². The molecule has 0 bridgehead atoms. The summed E-state index contributed by atoms with van der Waals surface area (Å²) in [5.74, 6) is 1.75. The van der Waals surface area contributed by atoms with Gasteiger partial charge in [0.05, 0.1) is 0 Å². The van der Waals surface area contributed by atoms with Gasteiger partial charge in [-0.15, -0.1) is 11.3 Å². The van der Waals surface area contributed by atoms with Crippen LogP contribution in [0.15, 0.2) is 17.5 Å². The number of thiophene rings is 1. The zero-order valence-electron chi connectivity index (χ0n) is 7.87. The van der Waals surface area contributed by atoms with Crippen LogP contribution in [0.4, 0.5) is 0 Å². The first-order valence-corrected chi connectivity index (χ1v) is 6.73. The monoisotopic (exact) mass is 258 g/mol. The molecule has 1 aliphatic rings. The van der Waals surface area contributed by atoms with Crippen molar-refractivity contribution in [1.29, 1.82) is 0 Å². The minimum absolute atomic E-state index is 0.762. The average Bonchev–Trinajstić information content (AvgIpc) is 2.71. The quantitative estimate of drug-likeness (QED) is 0.701. The fourth-order valence-corrected chi connectivity index (χ4v) is 3.66. The highest BCUT2D eigenvalue weighted by Gasteiger charge is 2.30. The standard InChI is InChI=1S/C11H15BrS/c1-8-9(4-5-11(8)12)7-10-3-2-6-13-10/h2-3,6,8-9,11H,4-5,7H2,1H3. The molecule has 0 N–H and O–H groups in total. The van der Waals surface area contributed by atoms with Crippen LogP contribution in [0.5, 0.6) is 0 Å². The molecule has 1 saturated carbocycles. The van der Waals surface area contributed by atoms with E-state index in [1.165, 1.54) is 19.3 Å². The zero-order chi connectivity index (χ0) is 9.26. The SMILES string of the molecule is CC1C(Br)CCC1Cc1cccs1. The highest BCUT2D eigenvalue weighted by atomic mass is 79.9. The first kappa shape index (κ1) is 9.72. The predicted octanol–water partition coefficient (Wildman–Crippen LogP) is 4.10. The maximum atomic E-state index is 3.75. The lowest BCUT2D eigenvalue weighted by Gasteiger charge is -2.15. The summed E-state index contributed by atoms with van der Waals surface area (Å²) in [4.78, 5) is 2.32. The summed E-state index contributed by atoms with van der Waals surface area (Å²) >= 11 is 5.65. The fourth-order valence-electron chi connectivity index (χ4n) is 2.17. The van der Waals surface area contributed by atoms with Crippen molar-refractivity contribution in [3.63, 3.8) is 0 Å². The van der Waals surface area contributed by atoms with Crippen molar-refractivity contribution in [2.45, 2.75) is 31.0 Å². The summed E-state index contributed by atoms with van der Waals surface area (Å²) in [5, 5.41) is 2.18. The average molecular weight is 259 g/mol. The van der Waals surface area contributed by atoms with Gasteiger partial charge in [-0.25, -0.2) is 0 Å². The Balaban J connectivity index is 1.96. The lowest BCUT2D eigenvalue weighted by atomic mass is 9.94. The smallest absolute Gasteiger partial charge is 0.0174 e. The van der Waals surface area contributed by atoms with E-state index in [4.69, 9.17) is 0 Å². The van der Waals surface area contributed by atoms with Gasteiger partial charge in [0, 0.05) is 9.70 Å². The predicted molar refractivity (Wildman–Crippen MR) is 62.6 cm³/mol. The molecule has 72 valence electrons. The molecule has 0 aliphatic heterocycles. The molecule has 0 spiro atoms. The molecular weight excluding hydrogens is 244 g/mol. The van der Waals surface area contributed by atoms with Crippen molar-refractivity contribution in [1.82, 2.24) is 0 Å². The van der Waals surface area contributed by atoms with E-state index in [2.05, 4.69) is 40.4 Å². The summed E-state index contributed by atoms with van der Waals surface area (Å²) in [7, 11) is 0. The van der Waals surface area contributed by atoms with Crippen molar-refractivity contribution in [3.05, 3.63) is 22.4 Å². The third kappa shape index (κ3) is 2.16. The molecule has 2 heteroatoms. The molecule has 1 heterocycles. The maximum Gasteiger partial charge on any atom is 0.0174 e. The summed E-state index contributed by atoms with van der Waals surface area (Å²) in [5.41, 5.74) is 0. The third-order valence-electron chi connectivity index (χ3n) is 3.17. The first-order chi connectivity index (χ1) is 6.27. The third-order valence-corrected chi connectivity index (χ3v) is 5.36. The molecule has 13 heavy (non-hydrogen) atoms. The number of hydrogen-bond acceptors (Lipinski definition) is 1. The van der Waals surface area contributed by atoms with Crippen LogP contribution >= 0.6 is 27.3 Å². The molecule has 1 aromatic heterocycles. The largest absolute Gasteiger partial charge is 0.149 e. The summed E-state index contributed by atoms with van der Waals surface area (Å²) in [6, 6.07) is 4.42. The first-order valence-electron chi connectivity index (χ1n) is 4.94. The molecule has 2 rings (SSSR count). The van der Waals surface area contributed by atoms with Gasteiger partial charge in [0.1, 0.15) is 0 Å². The van der Waals surface area contributed by atoms with Gasteiger partial charge in [-0.2, -0.15) is 0 Å². The van der Waals surface area contributed by atoms with Crippen LogP contribution < -0.4 is 0 Å². The van der Waals surface area contributed by atoms with Gasteiger partial charge in [0.25, 0.3) is 0 Å². The number of hydrogen-bond donors (Lipinski definition) is 0. The highest BCUT2D eigenvalue weighted by Crippen LogP contribution is 2.38. The Morgan fingerprint density at radius 2 is 2.38 bits per heavy atom.